The minimum absolute atomic E-state index is 0.0486. The summed E-state index contributed by atoms with van der Waals surface area (Å²) in [7, 11) is 1.37. The second-order valence-corrected chi connectivity index (χ2v) is 8.66. The molecule has 1 aliphatic carbocycles. The third-order valence-electron chi connectivity index (χ3n) is 6.18. The minimum atomic E-state index is -0.487. The molecule has 11 heteroatoms. The van der Waals surface area contributed by atoms with Crippen molar-refractivity contribution in [2.45, 2.75) is 32.4 Å². The number of H-pyrrole nitrogens is 1. The summed E-state index contributed by atoms with van der Waals surface area (Å²) in [5, 5.41) is 12.8. The highest BCUT2D eigenvalue weighted by atomic mass is 19.1. The van der Waals surface area contributed by atoms with Crippen molar-refractivity contribution in [2.24, 2.45) is 0 Å². The van der Waals surface area contributed by atoms with E-state index >= 15 is 0 Å². The Bertz CT molecular complexity index is 1490. The number of carbonyl (C=O) groups excluding carboxylic acids is 2. The van der Waals surface area contributed by atoms with Crippen LogP contribution in [0.2, 0.25) is 0 Å². The van der Waals surface area contributed by atoms with Crippen LogP contribution in [-0.4, -0.2) is 44.1 Å². The van der Waals surface area contributed by atoms with E-state index in [1.807, 2.05) is 25.1 Å². The van der Waals surface area contributed by atoms with Crippen LogP contribution in [0, 0.1) is 12.7 Å². The number of amides is 2. The monoisotopic (exact) mass is 501 g/mol. The Kier molecular flexibility index (Phi) is 6.59. The fourth-order valence-corrected chi connectivity index (χ4v) is 4.30. The lowest BCUT2D eigenvalue weighted by Crippen LogP contribution is -2.29. The summed E-state index contributed by atoms with van der Waals surface area (Å²) in [5.74, 6) is 0.101. The molecule has 0 aliphatic heterocycles. The predicted molar refractivity (Wildman–Crippen MR) is 131 cm³/mol. The summed E-state index contributed by atoms with van der Waals surface area (Å²) in [6.07, 6.45) is 2.73. The van der Waals surface area contributed by atoms with Crippen molar-refractivity contribution >= 4 is 11.8 Å². The van der Waals surface area contributed by atoms with Gasteiger partial charge in [0.1, 0.15) is 23.5 Å². The van der Waals surface area contributed by atoms with Crippen LogP contribution in [0.15, 0.2) is 48.8 Å². The molecule has 1 atom stereocenters. The van der Waals surface area contributed by atoms with Crippen LogP contribution in [0.3, 0.4) is 0 Å². The molecule has 188 valence electrons. The molecular formula is C26H24FN7O3. The number of ether oxygens (including phenoxy) is 1. The van der Waals surface area contributed by atoms with Crippen molar-refractivity contribution in [3.8, 4) is 17.1 Å². The van der Waals surface area contributed by atoms with E-state index in [0.29, 0.717) is 11.4 Å². The first-order valence-corrected chi connectivity index (χ1v) is 11.7. The van der Waals surface area contributed by atoms with E-state index in [1.54, 1.807) is 6.07 Å². The molecule has 4 aromatic rings. The number of benzene rings is 2. The maximum absolute atomic E-state index is 13.6. The number of nitrogens with one attached hydrogen (secondary N) is 3. The first-order valence-electron chi connectivity index (χ1n) is 11.7. The normalized spacial score (nSPS) is 14.2. The minimum Gasteiger partial charge on any atom is -0.494 e. The van der Waals surface area contributed by atoms with Crippen LogP contribution in [0.4, 0.5) is 4.39 Å². The second-order valence-electron chi connectivity index (χ2n) is 8.66. The average molecular weight is 502 g/mol. The molecule has 0 saturated carbocycles. The number of hydrogen-bond acceptors (Lipinski definition) is 7. The SMILES string of the molecule is COc1cc(CNC(=O)c2cc(C(=O)N[C@H]3CCc4cc(-c5n[nH]c(C)n5)ccc43)ncn2)ccc1F. The number of hydrogen-bond donors (Lipinski definition) is 3. The molecule has 2 amide bonds. The van der Waals surface area contributed by atoms with Gasteiger partial charge in [0.15, 0.2) is 17.4 Å². The van der Waals surface area contributed by atoms with Gasteiger partial charge in [-0.05, 0) is 54.7 Å². The molecule has 0 saturated heterocycles. The van der Waals surface area contributed by atoms with E-state index in [9.17, 15) is 14.0 Å². The number of aryl methyl sites for hydroxylation is 2. The Morgan fingerprint density at radius 1 is 1.11 bits per heavy atom. The first kappa shape index (κ1) is 24.0. The van der Waals surface area contributed by atoms with E-state index < -0.39 is 17.6 Å². The highest BCUT2D eigenvalue weighted by Gasteiger charge is 2.26. The van der Waals surface area contributed by atoms with Crippen molar-refractivity contribution in [1.29, 1.82) is 0 Å². The summed E-state index contributed by atoms with van der Waals surface area (Å²) in [6.45, 7) is 1.98. The smallest absolute Gasteiger partial charge is 0.270 e. The van der Waals surface area contributed by atoms with E-state index in [2.05, 4.69) is 35.8 Å². The third-order valence-corrected chi connectivity index (χ3v) is 6.18. The van der Waals surface area contributed by atoms with Crippen LogP contribution in [0.5, 0.6) is 5.75 Å². The molecule has 0 fully saturated rings. The quantitative estimate of drug-likeness (QED) is 0.354. The topological polar surface area (TPSA) is 135 Å². The maximum Gasteiger partial charge on any atom is 0.270 e. The van der Waals surface area contributed by atoms with Gasteiger partial charge in [-0.25, -0.2) is 19.3 Å². The van der Waals surface area contributed by atoms with Crippen molar-refractivity contribution in [3.63, 3.8) is 0 Å². The standard InChI is InChI=1S/C26H24FN7O3/c1-14-31-24(34-33-14)17-4-6-18-16(10-17)5-8-20(18)32-26(36)22-11-21(29-13-30-22)25(35)28-12-15-3-7-19(27)23(9-15)37-2/h3-4,6-7,9-11,13,20H,5,8,12H2,1-2H3,(H,28,35)(H,32,36)(H,31,33,34)/t20-/m0/s1. The van der Waals surface area contributed by atoms with E-state index in [-0.39, 0.29) is 29.7 Å². The van der Waals surface area contributed by atoms with Gasteiger partial charge in [-0.15, -0.1) is 0 Å². The Morgan fingerprint density at radius 3 is 2.68 bits per heavy atom. The Morgan fingerprint density at radius 2 is 1.92 bits per heavy atom. The number of methoxy groups -OCH3 is 1. The van der Waals surface area contributed by atoms with Gasteiger partial charge < -0.3 is 15.4 Å². The van der Waals surface area contributed by atoms with Gasteiger partial charge in [0.05, 0.1) is 13.2 Å². The molecule has 1 aliphatic rings. The molecule has 0 unspecified atom stereocenters. The van der Waals surface area contributed by atoms with Crippen molar-refractivity contribution < 1.29 is 18.7 Å². The highest BCUT2D eigenvalue weighted by molar-refractivity contribution is 5.97. The number of rotatable bonds is 7. The van der Waals surface area contributed by atoms with E-state index in [0.717, 1.165) is 35.4 Å². The summed E-state index contributed by atoms with van der Waals surface area (Å²) < 4.78 is 18.6. The second kappa shape index (κ2) is 10.1. The summed E-state index contributed by atoms with van der Waals surface area (Å²) >= 11 is 0. The zero-order valence-corrected chi connectivity index (χ0v) is 20.2. The van der Waals surface area contributed by atoms with E-state index in [1.165, 1.54) is 31.6 Å². The average Bonchev–Trinajstić information content (AvgIpc) is 3.53. The van der Waals surface area contributed by atoms with Crippen LogP contribution in [0.25, 0.3) is 11.4 Å². The molecule has 37 heavy (non-hydrogen) atoms. The molecule has 2 aromatic heterocycles. The first-order chi connectivity index (χ1) is 17.9. The lowest BCUT2D eigenvalue weighted by molar-refractivity contribution is 0.0931. The van der Waals surface area contributed by atoms with Crippen molar-refractivity contribution in [3.05, 3.63) is 88.5 Å². The Hall–Kier alpha value is -4.67. The van der Waals surface area contributed by atoms with Gasteiger partial charge in [-0.3, -0.25) is 14.7 Å². The number of nitrogens with zero attached hydrogens (tertiary/aromatic N) is 4. The van der Waals surface area contributed by atoms with Gasteiger partial charge in [-0.2, -0.15) is 5.10 Å². The van der Waals surface area contributed by atoms with Gasteiger partial charge in [-0.1, -0.05) is 18.2 Å². The van der Waals surface area contributed by atoms with Gasteiger partial charge in [0, 0.05) is 18.2 Å². The molecule has 0 spiro atoms. The van der Waals surface area contributed by atoms with Crippen LogP contribution < -0.4 is 15.4 Å². The molecule has 3 N–H and O–H groups in total. The molecule has 0 radical (unpaired) electrons. The largest absolute Gasteiger partial charge is 0.494 e. The lowest BCUT2D eigenvalue weighted by atomic mass is 10.0. The van der Waals surface area contributed by atoms with Crippen LogP contribution >= 0.6 is 0 Å². The number of aromatic amines is 1. The number of carbonyl (C=O) groups is 2. The Labute approximate surface area is 211 Å². The van der Waals surface area contributed by atoms with Crippen LogP contribution in [0.1, 0.15) is 56.0 Å². The molecule has 5 rings (SSSR count). The third kappa shape index (κ3) is 5.15. The number of aromatic nitrogens is 5. The lowest BCUT2D eigenvalue weighted by Gasteiger charge is -2.14. The molecule has 2 aromatic carbocycles. The molecule has 0 bridgehead atoms. The number of fused-ring (bicyclic) bond motifs is 1. The van der Waals surface area contributed by atoms with Crippen molar-refractivity contribution in [2.75, 3.05) is 7.11 Å². The van der Waals surface area contributed by atoms with Crippen molar-refractivity contribution in [1.82, 2.24) is 35.8 Å². The highest BCUT2D eigenvalue weighted by Crippen LogP contribution is 2.33. The number of halogens is 1. The summed E-state index contributed by atoms with van der Waals surface area (Å²) in [5.41, 5.74) is 3.87. The zero-order chi connectivity index (χ0) is 25.9. The van der Waals surface area contributed by atoms with E-state index in [4.69, 9.17) is 4.74 Å². The molecule has 10 nitrogen and oxygen atoms in total. The van der Waals surface area contributed by atoms with Gasteiger partial charge in [0.25, 0.3) is 11.8 Å². The maximum atomic E-state index is 13.6. The van der Waals surface area contributed by atoms with Gasteiger partial charge in [0.2, 0.25) is 0 Å². The fraction of sp³-hybridized carbons (Fsp3) is 0.231. The zero-order valence-electron chi connectivity index (χ0n) is 20.2. The van der Waals surface area contributed by atoms with Gasteiger partial charge >= 0.3 is 0 Å². The summed E-state index contributed by atoms with van der Waals surface area (Å²) in [4.78, 5) is 38.0. The van der Waals surface area contributed by atoms with Crippen LogP contribution in [-0.2, 0) is 13.0 Å². The predicted octanol–water partition coefficient (Wildman–Crippen LogP) is 3.07. The summed E-state index contributed by atoms with van der Waals surface area (Å²) in [6, 6.07) is 11.5. The molecule has 2 heterocycles. The fourth-order valence-electron chi connectivity index (χ4n) is 4.30. The Balaban J connectivity index is 1.23. The molecular weight excluding hydrogens is 477 g/mol.